The summed E-state index contributed by atoms with van der Waals surface area (Å²) in [5, 5.41) is 8.47. The maximum Gasteiger partial charge on any atom is 0.161 e. The van der Waals surface area contributed by atoms with Crippen molar-refractivity contribution in [2.24, 2.45) is 0 Å². The van der Waals surface area contributed by atoms with Crippen molar-refractivity contribution in [1.29, 1.82) is 0 Å². The summed E-state index contributed by atoms with van der Waals surface area (Å²) in [7, 11) is 6.54. The molecule has 0 unspecified atom stereocenters. The largest absolute Gasteiger partial charge is 0.497 e. The van der Waals surface area contributed by atoms with E-state index in [1.807, 2.05) is 53.9 Å². The first kappa shape index (κ1) is 23.2. The molecule has 0 amide bonds. The third-order valence-corrected chi connectivity index (χ3v) is 5.81. The van der Waals surface area contributed by atoms with E-state index in [9.17, 15) is 0 Å². The molecule has 0 fully saturated rings. The van der Waals surface area contributed by atoms with Gasteiger partial charge in [0.2, 0.25) is 0 Å². The van der Waals surface area contributed by atoms with Crippen LogP contribution >= 0.6 is 0 Å². The minimum absolute atomic E-state index is 0.574. The van der Waals surface area contributed by atoms with Crippen molar-refractivity contribution in [3.63, 3.8) is 0 Å². The molecule has 0 bridgehead atoms. The van der Waals surface area contributed by atoms with Gasteiger partial charge >= 0.3 is 0 Å². The predicted octanol–water partition coefficient (Wildman–Crippen LogP) is 4.91. The minimum atomic E-state index is 0.574. The maximum atomic E-state index is 5.47. The molecule has 0 saturated heterocycles. The van der Waals surface area contributed by atoms with Gasteiger partial charge in [-0.2, -0.15) is 9.61 Å². The fourth-order valence-electron chi connectivity index (χ4n) is 4.05. The van der Waals surface area contributed by atoms with Crippen molar-refractivity contribution in [2.75, 3.05) is 33.8 Å². The summed E-state index contributed by atoms with van der Waals surface area (Å²) in [5.41, 5.74) is 5.61. The van der Waals surface area contributed by atoms with E-state index in [1.54, 1.807) is 28.4 Å². The smallest absolute Gasteiger partial charge is 0.161 e. The number of fused-ring (bicyclic) bond motifs is 1. The van der Waals surface area contributed by atoms with Crippen LogP contribution in [-0.4, -0.2) is 43.0 Å². The second-order valence-corrected chi connectivity index (χ2v) is 7.82. The number of benzene rings is 2. The minimum Gasteiger partial charge on any atom is -0.497 e. The highest BCUT2D eigenvalue weighted by Gasteiger charge is 2.16. The average Bonchev–Trinajstić information content (AvgIpc) is 3.29. The molecule has 0 spiro atoms. The van der Waals surface area contributed by atoms with Crippen LogP contribution in [0.15, 0.2) is 42.5 Å². The molecule has 0 aliphatic rings. The Bertz CT molecular complexity index is 1290. The monoisotopic (exact) mass is 462 g/mol. The molecular weight excluding hydrogens is 432 g/mol. The molecule has 2 aromatic heterocycles. The van der Waals surface area contributed by atoms with Crippen LogP contribution in [0.3, 0.4) is 0 Å². The highest BCUT2D eigenvalue weighted by molar-refractivity contribution is 5.69. The Labute approximate surface area is 199 Å². The summed E-state index contributed by atoms with van der Waals surface area (Å²) in [4.78, 5) is 4.80. The molecule has 0 aliphatic heterocycles. The van der Waals surface area contributed by atoms with E-state index < -0.39 is 0 Å². The van der Waals surface area contributed by atoms with Crippen LogP contribution in [0.2, 0.25) is 0 Å². The number of ether oxygens (including phenoxy) is 4. The highest BCUT2D eigenvalue weighted by atomic mass is 16.5. The number of anilines is 1. The lowest BCUT2D eigenvalue weighted by Crippen LogP contribution is -2.11. The van der Waals surface area contributed by atoms with Crippen LogP contribution in [0.25, 0.3) is 16.9 Å². The fraction of sp³-hybridized carbons (Fsp3) is 0.308. The van der Waals surface area contributed by atoms with Gasteiger partial charge in [0, 0.05) is 35.5 Å². The van der Waals surface area contributed by atoms with Gasteiger partial charge in [0.05, 0.1) is 34.1 Å². The molecule has 0 radical (unpaired) electrons. The number of aromatic nitrogens is 3. The SMILES string of the molecule is CCc1c(C)nc2cc(-c3ccc(OC)c(OC)c3)nn2c1NCc1cc(OC)cc(OC)c1. The van der Waals surface area contributed by atoms with E-state index in [4.69, 9.17) is 29.0 Å². The lowest BCUT2D eigenvalue weighted by atomic mass is 10.1. The molecule has 0 saturated carbocycles. The molecule has 8 heteroatoms. The molecule has 2 aromatic carbocycles. The van der Waals surface area contributed by atoms with Crippen molar-refractivity contribution in [3.05, 3.63) is 59.3 Å². The second kappa shape index (κ2) is 9.91. The lowest BCUT2D eigenvalue weighted by molar-refractivity contribution is 0.355. The van der Waals surface area contributed by atoms with Gasteiger partial charge in [-0.1, -0.05) is 6.92 Å². The van der Waals surface area contributed by atoms with Crippen molar-refractivity contribution in [3.8, 4) is 34.3 Å². The van der Waals surface area contributed by atoms with Crippen LogP contribution in [0.4, 0.5) is 5.82 Å². The first-order chi connectivity index (χ1) is 16.5. The number of nitrogens with one attached hydrogen (secondary N) is 1. The van der Waals surface area contributed by atoms with E-state index in [-0.39, 0.29) is 0 Å². The van der Waals surface area contributed by atoms with Crippen molar-refractivity contribution in [1.82, 2.24) is 14.6 Å². The molecule has 0 atom stereocenters. The van der Waals surface area contributed by atoms with E-state index in [2.05, 4.69) is 12.2 Å². The van der Waals surface area contributed by atoms with Crippen molar-refractivity contribution < 1.29 is 18.9 Å². The normalized spacial score (nSPS) is 10.9. The Morgan fingerprint density at radius 3 is 2.18 bits per heavy atom. The summed E-state index contributed by atoms with van der Waals surface area (Å²) < 4.78 is 23.5. The molecule has 178 valence electrons. The first-order valence-corrected chi connectivity index (χ1v) is 11.1. The van der Waals surface area contributed by atoms with Gasteiger partial charge in [-0.05, 0) is 49.2 Å². The molecule has 0 aliphatic carbocycles. The third kappa shape index (κ3) is 4.44. The topological polar surface area (TPSA) is 79.1 Å². The number of methoxy groups -OCH3 is 4. The number of aryl methyl sites for hydroxylation is 1. The predicted molar refractivity (Wildman–Crippen MR) is 133 cm³/mol. The molecule has 2 heterocycles. The van der Waals surface area contributed by atoms with Crippen LogP contribution in [-0.2, 0) is 13.0 Å². The van der Waals surface area contributed by atoms with E-state index in [0.717, 1.165) is 57.5 Å². The van der Waals surface area contributed by atoms with Gasteiger partial charge in [0.1, 0.15) is 17.3 Å². The third-order valence-electron chi connectivity index (χ3n) is 5.81. The Hall–Kier alpha value is -3.94. The molecule has 34 heavy (non-hydrogen) atoms. The van der Waals surface area contributed by atoms with Crippen molar-refractivity contribution in [2.45, 2.75) is 26.8 Å². The highest BCUT2D eigenvalue weighted by Crippen LogP contribution is 2.33. The quantitative estimate of drug-likeness (QED) is 0.378. The molecule has 1 N–H and O–H groups in total. The summed E-state index contributed by atoms with van der Waals surface area (Å²) >= 11 is 0. The number of hydrogen-bond donors (Lipinski definition) is 1. The van der Waals surface area contributed by atoms with Crippen LogP contribution < -0.4 is 24.3 Å². The summed E-state index contributed by atoms with van der Waals surface area (Å²) in [6.07, 6.45) is 0.824. The molecular formula is C26H30N4O4. The second-order valence-electron chi connectivity index (χ2n) is 7.82. The van der Waals surface area contributed by atoms with Gasteiger partial charge in [-0.15, -0.1) is 0 Å². The molecule has 4 rings (SSSR count). The first-order valence-electron chi connectivity index (χ1n) is 11.1. The Morgan fingerprint density at radius 2 is 1.56 bits per heavy atom. The van der Waals surface area contributed by atoms with E-state index in [0.29, 0.717) is 18.0 Å². The maximum absolute atomic E-state index is 5.47. The van der Waals surface area contributed by atoms with E-state index >= 15 is 0 Å². The number of rotatable bonds is 9. The fourth-order valence-corrected chi connectivity index (χ4v) is 4.05. The molecule has 8 nitrogen and oxygen atoms in total. The van der Waals surface area contributed by atoms with Gasteiger partial charge in [-0.25, -0.2) is 4.98 Å². The number of hydrogen-bond acceptors (Lipinski definition) is 7. The zero-order valence-corrected chi connectivity index (χ0v) is 20.4. The Morgan fingerprint density at radius 1 is 0.853 bits per heavy atom. The number of nitrogens with zero attached hydrogens (tertiary/aromatic N) is 3. The lowest BCUT2D eigenvalue weighted by Gasteiger charge is -2.15. The summed E-state index contributed by atoms with van der Waals surface area (Å²) in [5.74, 6) is 3.74. The van der Waals surface area contributed by atoms with Crippen LogP contribution in [0.1, 0.15) is 23.7 Å². The van der Waals surface area contributed by atoms with Gasteiger partial charge < -0.3 is 24.3 Å². The van der Waals surface area contributed by atoms with Gasteiger partial charge in [-0.3, -0.25) is 0 Å². The van der Waals surface area contributed by atoms with Gasteiger partial charge in [0.25, 0.3) is 0 Å². The average molecular weight is 463 g/mol. The Kier molecular flexibility index (Phi) is 6.77. The Balaban J connectivity index is 1.75. The zero-order valence-electron chi connectivity index (χ0n) is 20.4. The molecule has 4 aromatic rings. The van der Waals surface area contributed by atoms with Crippen molar-refractivity contribution >= 4 is 11.5 Å². The van der Waals surface area contributed by atoms with E-state index in [1.165, 1.54) is 0 Å². The summed E-state index contributed by atoms with van der Waals surface area (Å²) in [6, 6.07) is 13.6. The standard InChI is InChI=1S/C26H30N4O4/c1-7-21-16(2)28-25-14-22(18-8-9-23(33-5)24(12-18)34-6)29-30(25)26(21)27-15-17-10-19(31-3)13-20(11-17)32-4/h8-14,27H,7,15H2,1-6H3. The summed E-state index contributed by atoms with van der Waals surface area (Å²) in [6.45, 7) is 4.72. The van der Waals surface area contributed by atoms with Gasteiger partial charge in [0.15, 0.2) is 17.1 Å². The van der Waals surface area contributed by atoms with Crippen LogP contribution in [0, 0.1) is 6.92 Å². The zero-order chi connectivity index (χ0) is 24.2. The van der Waals surface area contributed by atoms with Crippen LogP contribution in [0.5, 0.6) is 23.0 Å².